The number of hydrogen-bond donors (Lipinski definition) is 0. The lowest BCUT2D eigenvalue weighted by atomic mass is 9.97. The standard InChI is InChI=1S/C17H31N3O4S/c1-4-12-25(23,24)20-7-5-6-15(13-20)17(22)19-10-8-18(9-11-19)16(21)14(2)3/h14-15H,4-13H2,1-3H3. The molecule has 0 N–H and O–H groups in total. The lowest BCUT2D eigenvalue weighted by Gasteiger charge is -2.39. The number of amides is 2. The maximum atomic E-state index is 12.8. The Labute approximate surface area is 151 Å². The van der Waals surface area contributed by atoms with Gasteiger partial charge in [-0.25, -0.2) is 12.7 Å². The van der Waals surface area contributed by atoms with E-state index in [1.807, 2.05) is 25.7 Å². The van der Waals surface area contributed by atoms with Crippen LogP contribution in [0, 0.1) is 11.8 Å². The summed E-state index contributed by atoms with van der Waals surface area (Å²) in [5.74, 6) is 0.0180. The molecular weight excluding hydrogens is 342 g/mol. The van der Waals surface area contributed by atoms with Crippen molar-refractivity contribution in [1.82, 2.24) is 14.1 Å². The Morgan fingerprint density at radius 1 is 1.04 bits per heavy atom. The summed E-state index contributed by atoms with van der Waals surface area (Å²) in [6.07, 6.45) is 2.05. The average molecular weight is 374 g/mol. The number of rotatable bonds is 5. The molecule has 2 rings (SSSR count). The fraction of sp³-hybridized carbons (Fsp3) is 0.882. The van der Waals surface area contributed by atoms with E-state index in [1.165, 1.54) is 4.31 Å². The summed E-state index contributed by atoms with van der Waals surface area (Å²) in [6.45, 7) is 8.63. The molecule has 2 fully saturated rings. The van der Waals surface area contributed by atoms with E-state index in [2.05, 4.69) is 0 Å². The van der Waals surface area contributed by atoms with E-state index in [9.17, 15) is 18.0 Å². The molecule has 2 saturated heterocycles. The van der Waals surface area contributed by atoms with Crippen molar-refractivity contribution in [3.8, 4) is 0 Å². The highest BCUT2D eigenvalue weighted by molar-refractivity contribution is 7.89. The number of sulfonamides is 1. The highest BCUT2D eigenvalue weighted by Crippen LogP contribution is 2.22. The third kappa shape index (κ3) is 4.94. The second-order valence-electron chi connectivity index (χ2n) is 7.32. The molecule has 2 amide bonds. The van der Waals surface area contributed by atoms with Crippen molar-refractivity contribution in [2.75, 3.05) is 45.0 Å². The van der Waals surface area contributed by atoms with Crippen LogP contribution in [-0.4, -0.2) is 79.4 Å². The minimum absolute atomic E-state index is 0.0297. The molecule has 2 aliphatic heterocycles. The summed E-state index contributed by atoms with van der Waals surface area (Å²) in [7, 11) is -3.25. The first-order chi connectivity index (χ1) is 11.8. The van der Waals surface area contributed by atoms with Crippen LogP contribution in [0.15, 0.2) is 0 Å². The molecule has 0 spiro atoms. The van der Waals surface area contributed by atoms with Gasteiger partial charge in [0, 0.05) is 45.2 Å². The second-order valence-corrected chi connectivity index (χ2v) is 9.41. The van der Waals surface area contributed by atoms with E-state index >= 15 is 0 Å². The quantitative estimate of drug-likeness (QED) is 0.713. The largest absolute Gasteiger partial charge is 0.339 e. The Hall–Kier alpha value is -1.15. The van der Waals surface area contributed by atoms with Gasteiger partial charge in [-0.3, -0.25) is 9.59 Å². The van der Waals surface area contributed by atoms with Gasteiger partial charge >= 0.3 is 0 Å². The van der Waals surface area contributed by atoms with Gasteiger partial charge in [-0.1, -0.05) is 20.8 Å². The number of carbonyl (C=O) groups is 2. The Bertz CT molecular complexity index is 583. The van der Waals surface area contributed by atoms with E-state index in [4.69, 9.17) is 0 Å². The van der Waals surface area contributed by atoms with Crippen molar-refractivity contribution in [3.05, 3.63) is 0 Å². The molecule has 144 valence electrons. The lowest BCUT2D eigenvalue weighted by Crippen LogP contribution is -2.54. The van der Waals surface area contributed by atoms with E-state index in [1.54, 1.807) is 4.90 Å². The van der Waals surface area contributed by atoms with Gasteiger partial charge in [0.1, 0.15) is 0 Å². The number of carbonyl (C=O) groups excluding carboxylic acids is 2. The van der Waals surface area contributed by atoms with Gasteiger partial charge < -0.3 is 9.80 Å². The molecule has 1 atom stereocenters. The van der Waals surface area contributed by atoms with Crippen LogP contribution in [0.25, 0.3) is 0 Å². The van der Waals surface area contributed by atoms with Gasteiger partial charge in [-0.05, 0) is 19.3 Å². The Morgan fingerprint density at radius 2 is 1.64 bits per heavy atom. The minimum atomic E-state index is -3.25. The fourth-order valence-corrected chi connectivity index (χ4v) is 5.14. The van der Waals surface area contributed by atoms with E-state index < -0.39 is 10.0 Å². The molecule has 0 aliphatic carbocycles. The summed E-state index contributed by atoms with van der Waals surface area (Å²) in [5.41, 5.74) is 0. The van der Waals surface area contributed by atoms with Gasteiger partial charge in [0.05, 0.1) is 11.7 Å². The fourth-order valence-electron chi connectivity index (χ4n) is 3.55. The molecule has 0 radical (unpaired) electrons. The van der Waals surface area contributed by atoms with Crippen LogP contribution in [0.4, 0.5) is 0 Å². The smallest absolute Gasteiger partial charge is 0.227 e. The van der Waals surface area contributed by atoms with Crippen molar-refractivity contribution < 1.29 is 18.0 Å². The Balaban J connectivity index is 1.92. The number of piperazine rings is 1. The lowest BCUT2D eigenvalue weighted by molar-refractivity contribution is -0.144. The van der Waals surface area contributed by atoms with E-state index in [-0.39, 0.29) is 29.4 Å². The van der Waals surface area contributed by atoms with Crippen molar-refractivity contribution in [2.24, 2.45) is 11.8 Å². The van der Waals surface area contributed by atoms with Gasteiger partial charge in [-0.2, -0.15) is 0 Å². The van der Waals surface area contributed by atoms with Gasteiger partial charge in [0.25, 0.3) is 0 Å². The number of piperidine rings is 1. The van der Waals surface area contributed by atoms with Crippen LogP contribution in [0.3, 0.4) is 0 Å². The number of nitrogens with zero attached hydrogens (tertiary/aromatic N) is 3. The molecule has 0 aromatic carbocycles. The normalized spacial score (nSPS) is 23.1. The summed E-state index contributed by atoms with van der Waals surface area (Å²) in [4.78, 5) is 28.4. The van der Waals surface area contributed by atoms with Crippen LogP contribution in [0.1, 0.15) is 40.0 Å². The molecule has 7 nitrogen and oxygen atoms in total. The SMILES string of the molecule is CCCS(=O)(=O)N1CCCC(C(=O)N2CCN(C(=O)C(C)C)CC2)C1. The predicted octanol–water partition coefficient (Wildman–Crippen LogP) is 0.765. The molecule has 25 heavy (non-hydrogen) atoms. The van der Waals surface area contributed by atoms with Crippen molar-refractivity contribution in [3.63, 3.8) is 0 Å². The average Bonchev–Trinajstić information content (AvgIpc) is 2.60. The molecular formula is C17H31N3O4S. The highest BCUT2D eigenvalue weighted by atomic mass is 32.2. The van der Waals surface area contributed by atoms with Gasteiger partial charge in [0.2, 0.25) is 21.8 Å². The monoisotopic (exact) mass is 373 g/mol. The van der Waals surface area contributed by atoms with Gasteiger partial charge in [-0.15, -0.1) is 0 Å². The van der Waals surface area contributed by atoms with Crippen LogP contribution in [-0.2, 0) is 19.6 Å². The third-order valence-electron chi connectivity index (χ3n) is 4.99. The molecule has 2 heterocycles. The second kappa shape index (κ2) is 8.49. The zero-order valence-electron chi connectivity index (χ0n) is 15.6. The molecule has 0 aromatic heterocycles. The summed E-state index contributed by atoms with van der Waals surface area (Å²) in [5, 5.41) is 0. The molecule has 1 unspecified atom stereocenters. The van der Waals surface area contributed by atoms with Crippen molar-refractivity contribution >= 4 is 21.8 Å². The zero-order chi connectivity index (χ0) is 18.6. The van der Waals surface area contributed by atoms with Gasteiger partial charge in [0.15, 0.2) is 0 Å². The molecule has 2 aliphatic rings. The maximum absolute atomic E-state index is 12.8. The first kappa shape index (κ1) is 20.2. The first-order valence-electron chi connectivity index (χ1n) is 9.31. The van der Waals surface area contributed by atoms with Crippen LogP contribution in [0.2, 0.25) is 0 Å². The highest BCUT2D eigenvalue weighted by Gasteiger charge is 2.35. The topological polar surface area (TPSA) is 78.0 Å². The van der Waals surface area contributed by atoms with E-state index in [0.29, 0.717) is 45.7 Å². The van der Waals surface area contributed by atoms with E-state index in [0.717, 1.165) is 12.8 Å². The number of hydrogen-bond acceptors (Lipinski definition) is 4. The first-order valence-corrected chi connectivity index (χ1v) is 10.9. The molecule has 0 aromatic rings. The Morgan fingerprint density at radius 3 is 2.20 bits per heavy atom. The summed E-state index contributed by atoms with van der Waals surface area (Å²) >= 11 is 0. The minimum Gasteiger partial charge on any atom is -0.339 e. The maximum Gasteiger partial charge on any atom is 0.227 e. The van der Waals surface area contributed by atoms with Crippen LogP contribution < -0.4 is 0 Å². The molecule has 8 heteroatoms. The molecule has 0 saturated carbocycles. The predicted molar refractivity (Wildman–Crippen MR) is 96.4 cm³/mol. The van der Waals surface area contributed by atoms with Crippen molar-refractivity contribution in [2.45, 2.75) is 40.0 Å². The van der Waals surface area contributed by atoms with Crippen LogP contribution in [0.5, 0.6) is 0 Å². The Kier molecular flexibility index (Phi) is 6.85. The third-order valence-corrected chi connectivity index (χ3v) is 7.03. The zero-order valence-corrected chi connectivity index (χ0v) is 16.4. The molecule has 0 bridgehead atoms. The summed E-state index contributed by atoms with van der Waals surface area (Å²) < 4.78 is 26.0. The van der Waals surface area contributed by atoms with Crippen molar-refractivity contribution in [1.29, 1.82) is 0 Å². The summed E-state index contributed by atoms with van der Waals surface area (Å²) in [6, 6.07) is 0. The van der Waals surface area contributed by atoms with Crippen LogP contribution >= 0.6 is 0 Å².